The molecule has 0 spiro atoms. The first-order valence-electron chi connectivity index (χ1n) is 8.56. The van der Waals surface area contributed by atoms with Crippen molar-refractivity contribution in [3.63, 3.8) is 0 Å². The maximum atomic E-state index is 11.3. The van der Waals surface area contributed by atoms with Crippen LogP contribution in [0.15, 0.2) is 18.2 Å². The lowest BCUT2D eigenvalue weighted by atomic mass is 10.0. The fourth-order valence-electron chi connectivity index (χ4n) is 2.44. The van der Waals surface area contributed by atoms with E-state index in [4.69, 9.17) is 4.74 Å². The van der Waals surface area contributed by atoms with Gasteiger partial charge in [0.2, 0.25) is 0 Å². The fraction of sp³-hybridized carbons (Fsp3) is 0.632. The number of unbranched alkanes of at least 4 members (excludes halogenated alkanes) is 6. The number of carbonyl (C=O) groups is 1. The average Bonchev–Trinajstić information content (AvgIpc) is 2.49. The van der Waals surface area contributed by atoms with Gasteiger partial charge in [-0.05, 0) is 30.0 Å². The second-order valence-corrected chi connectivity index (χ2v) is 6.19. The van der Waals surface area contributed by atoms with E-state index in [9.17, 15) is 9.90 Å². The molecule has 0 aliphatic carbocycles. The maximum absolute atomic E-state index is 11.3. The number of benzene rings is 1. The Balaban J connectivity index is 2.43. The summed E-state index contributed by atoms with van der Waals surface area (Å²) in [6.07, 6.45) is 8.57. The highest BCUT2D eigenvalue weighted by Gasteiger charge is 2.13. The summed E-state index contributed by atoms with van der Waals surface area (Å²) < 4.78 is 5.74. The first-order valence-corrected chi connectivity index (χ1v) is 8.56. The lowest BCUT2D eigenvalue weighted by Crippen LogP contribution is -2.05. The van der Waals surface area contributed by atoms with Gasteiger partial charge in [0.1, 0.15) is 11.3 Å². The Labute approximate surface area is 134 Å². The molecule has 0 amide bonds. The van der Waals surface area contributed by atoms with Gasteiger partial charge in [-0.2, -0.15) is 0 Å². The summed E-state index contributed by atoms with van der Waals surface area (Å²) in [6.45, 7) is 7.00. The molecule has 0 bridgehead atoms. The minimum absolute atomic E-state index is 0.257. The summed E-state index contributed by atoms with van der Waals surface area (Å²) in [5.41, 5.74) is 1.37. The molecule has 0 fully saturated rings. The highest BCUT2D eigenvalue weighted by molar-refractivity contribution is 5.91. The second kappa shape index (κ2) is 10.3. The molecule has 0 saturated heterocycles. The molecule has 124 valence electrons. The lowest BCUT2D eigenvalue weighted by Gasteiger charge is -2.13. The van der Waals surface area contributed by atoms with Gasteiger partial charge in [0.15, 0.2) is 0 Å². The van der Waals surface area contributed by atoms with Crippen molar-refractivity contribution in [2.45, 2.75) is 71.6 Å². The van der Waals surface area contributed by atoms with Gasteiger partial charge in [-0.25, -0.2) is 4.79 Å². The van der Waals surface area contributed by atoms with E-state index in [2.05, 4.69) is 20.8 Å². The standard InChI is InChI=1S/C19H30O3/c1-4-5-6-7-8-9-10-13-22-18-14-16(15(2)3)11-12-17(18)19(20)21/h11-12,14-15H,4-10,13H2,1-3H3,(H,20,21). The van der Waals surface area contributed by atoms with Crippen LogP contribution >= 0.6 is 0 Å². The molecule has 1 aromatic carbocycles. The van der Waals surface area contributed by atoms with Crippen LogP contribution in [-0.4, -0.2) is 17.7 Å². The number of carboxylic acid groups (broad SMARTS) is 1. The number of carboxylic acids is 1. The van der Waals surface area contributed by atoms with Gasteiger partial charge in [-0.15, -0.1) is 0 Å². The number of ether oxygens (including phenoxy) is 1. The minimum atomic E-state index is -0.926. The Morgan fingerprint density at radius 2 is 1.73 bits per heavy atom. The quantitative estimate of drug-likeness (QED) is 0.538. The predicted molar refractivity (Wildman–Crippen MR) is 91.0 cm³/mol. The SMILES string of the molecule is CCCCCCCCCOc1cc(C(C)C)ccc1C(=O)O. The predicted octanol–water partition coefficient (Wildman–Crippen LogP) is 5.64. The molecule has 3 heteroatoms. The summed E-state index contributed by atoms with van der Waals surface area (Å²) in [6, 6.07) is 5.39. The highest BCUT2D eigenvalue weighted by atomic mass is 16.5. The van der Waals surface area contributed by atoms with Crippen molar-refractivity contribution in [3.05, 3.63) is 29.3 Å². The van der Waals surface area contributed by atoms with Crippen molar-refractivity contribution >= 4 is 5.97 Å². The van der Waals surface area contributed by atoms with Crippen LogP contribution < -0.4 is 4.74 Å². The zero-order chi connectivity index (χ0) is 16.4. The van der Waals surface area contributed by atoms with Gasteiger partial charge >= 0.3 is 5.97 Å². The molecule has 0 radical (unpaired) electrons. The molecular formula is C19H30O3. The molecule has 3 nitrogen and oxygen atoms in total. The third-order valence-corrected chi connectivity index (χ3v) is 3.91. The zero-order valence-electron chi connectivity index (χ0n) is 14.2. The molecule has 1 aromatic rings. The van der Waals surface area contributed by atoms with Crippen molar-refractivity contribution in [2.24, 2.45) is 0 Å². The summed E-state index contributed by atoms with van der Waals surface area (Å²) in [5.74, 6) is -0.0571. The van der Waals surface area contributed by atoms with Gasteiger partial charge < -0.3 is 9.84 Å². The number of hydrogen-bond acceptors (Lipinski definition) is 2. The van der Waals surface area contributed by atoms with Crippen molar-refractivity contribution in [2.75, 3.05) is 6.61 Å². The van der Waals surface area contributed by atoms with Gasteiger partial charge in [0.25, 0.3) is 0 Å². The van der Waals surface area contributed by atoms with Crippen molar-refractivity contribution in [1.82, 2.24) is 0 Å². The third-order valence-electron chi connectivity index (χ3n) is 3.91. The monoisotopic (exact) mass is 306 g/mol. The van der Waals surface area contributed by atoms with E-state index in [-0.39, 0.29) is 5.56 Å². The van der Waals surface area contributed by atoms with Crippen LogP contribution in [0.3, 0.4) is 0 Å². The first-order chi connectivity index (χ1) is 10.6. The average molecular weight is 306 g/mol. The molecule has 22 heavy (non-hydrogen) atoms. The summed E-state index contributed by atoms with van der Waals surface area (Å²) >= 11 is 0. The van der Waals surface area contributed by atoms with Crippen LogP contribution in [-0.2, 0) is 0 Å². The molecule has 0 aliphatic rings. The van der Waals surface area contributed by atoms with Crippen LogP contribution in [0, 0.1) is 0 Å². The van der Waals surface area contributed by atoms with Crippen LogP contribution in [0.2, 0.25) is 0 Å². The summed E-state index contributed by atoms with van der Waals surface area (Å²) in [7, 11) is 0. The van der Waals surface area contributed by atoms with Crippen molar-refractivity contribution < 1.29 is 14.6 Å². The van der Waals surface area contributed by atoms with Gasteiger partial charge in [0, 0.05) is 0 Å². The van der Waals surface area contributed by atoms with Crippen LogP contribution in [0.4, 0.5) is 0 Å². The molecule has 0 saturated carbocycles. The highest BCUT2D eigenvalue weighted by Crippen LogP contribution is 2.25. The second-order valence-electron chi connectivity index (χ2n) is 6.19. The molecule has 0 atom stereocenters. The normalized spacial score (nSPS) is 10.9. The van der Waals surface area contributed by atoms with Crippen LogP contribution in [0.1, 0.15) is 87.6 Å². The molecular weight excluding hydrogens is 276 g/mol. The van der Waals surface area contributed by atoms with Crippen molar-refractivity contribution in [1.29, 1.82) is 0 Å². The van der Waals surface area contributed by atoms with E-state index < -0.39 is 5.97 Å². The van der Waals surface area contributed by atoms with Crippen LogP contribution in [0.5, 0.6) is 5.75 Å². The van der Waals surface area contributed by atoms with Crippen LogP contribution in [0.25, 0.3) is 0 Å². The molecule has 0 aliphatic heterocycles. The lowest BCUT2D eigenvalue weighted by molar-refractivity contribution is 0.0692. The maximum Gasteiger partial charge on any atom is 0.339 e. The number of aromatic carboxylic acids is 1. The van der Waals surface area contributed by atoms with Crippen molar-refractivity contribution in [3.8, 4) is 5.75 Å². The Bertz CT molecular complexity index is 452. The van der Waals surface area contributed by atoms with E-state index in [1.807, 2.05) is 12.1 Å². The van der Waals surface area contributed by atoms with E-state index >= 15 is 0 Å². The summed E-state index contributed by atoms with van der Waals surface area (Å²) in [5, 5.41) is 9.24. The Morgan fingerprint density at radius 1 is 1.09 bits per heavy atom. The number of hydrogen-bond donors (Lipinski definition) is 1. The third kappa shape index (κ3) is 6.50. The first kappa shape index (κ1) is 18.5. The Morgan fingerprint density at radius 3 is 2.32 bits per heavy atom. The Kier molecular flexibility index (Phi) is 8.64. The largest absolute Gasteiger partial charge is 0.493 e. The smallest absolute Gasteiger partial charge is 0.339 e. The molecule has 0 aromatic heterocycles. The molecule has 0 heterocycles. The minimum Gasteiger partial charge on any atom is -0.493 e. The van der Waals surface area contributed by atoms with Gasteiger partial charge in [0.05, 0.1) is 6.61 Å². The van der Waals surface area contributed by atoms with Gasteiger partial charge in [-0.3, -0.25) is 0 Å². The zero-order valence-corrected chi connectivity index (χ0v) is 14.2. The Hall–Kier alpha value is -1.51. The number of rotatable bonds is 11. The van der Waals surface area contributed by atoms with E-state index in [0.29, 0.717) is 18.3 Å². The topological polar surface area (TPSA) is 46.5 Å². The molecule has 1 N–H and O–H groups in total. The van der Waals surface area contributed by atoms with E-state index in [1.54, 1.807) is 6.07 Å². The fourth-order valence-corrected chi connectivity index (χ4v) is 2.44. The summed E-state index contributed by atoms with van der Waals surface area (Å²) in [4.78, 5) is 11.3. The van der Waals surface area contributed by atoms with E-state index in [1.165, 1.54) is 32.1 Å². The molecule has 0 unspecified atom stereocenters. The van der Waals surface area contributed by atoms with Gasteiger partial charge in [-0.1, -0.05) is 65.4 Å². The molecule has 1 rings (SSSR count). The van der Waals surface area contributed by atoms with E-state index in [0.717, 1.165) is 18.4 Å².